The van der Waals surface area contributed by atoms with Crippen molar-refractivity contribution in [3.8, 4) is 22.7 Å². The number of piperazine rings is 1. The molecule has 4 aromatic rings. The van der Waals surface area contributed by atoms with Crippen molar-refractivity contribution >= 4 is 12.0 Å². The van der Waals surface area contributed by atoms with Crippen LogP contribution in [0.2, 0.25) is 0 Å². The zero-order valence-corrected chi connectivity index (χ0v) is 20.6. The van der Waals surface area contributed by atoms with Gasteiger partial charge in [0.2, 0.25) is 0 Å². The molecule has 1 fully saturated rings. The highest BCUT2D eigenvalue weighted by atomic mass is 16.4. The van der Waals surface area contributed by atoms with Crippen LogP contribution in [-0.4, -0.2) is 62.3 Å². The second-order valence-electron chi connectivity index (χ2n) is 9.30. The summed E-state index contributed by atoms with van der Waals surface area (Å²) >= 11 is 0. The topological polar surface area (TPSA) is 86.0 Å². The van der Waals surface area contributed by atoms with Crippen LogP contribution in [0.15, 0.2) is 91.0 Å². The molecule has 5 rings (SSSR count). The van der Waals surface area contributed by atoms with Crippen LogP contribution in [0.1, 0.15) is 21.6 Å². The number of carbonyl (C=O) groups excluding carboxylic acids is 1. The van der Waals surface area contributed by atoms with Crippen LogP contribution >= 0.6 is 0 Å². The van der Waals surface area contributed by atoms with Crippen LogP contribution in [0.3, 0.4) is 0 Å². The van der Waals surface area contributed by atoms with Crippen molar-refractivity contribution in [3.63, 3.8) is 0 Å². The third-order valence-corrected chi connectivity index (χ3v) is 6.94. The zero-order valence-electron chi connectivity index (χ0n) is 20.6. The van der Waals surface area contributed by atoms with E-state index in [1.165, 1.54) is 4.90 Å². The molecule has 0 unspecified atom stereocenters. The molecule has 0 spiro atoms. The van der Waals surface area contributed by atoms with E-state index in [-0.39, 0.29) is 31.3 Å². The molecule has 7 nitrogen and oxygen atoms in total. The molecular formula is C30H29N3O4. The third-order valence-electron chi connectivity index (χ3n) is 6.94. The van der Waals surface area contributed by atoms with E-state index in [1.54, 1.807) is 17.0 Å². The van der Waals surface area contributed by atoms with Gasteiger partial charge in [0.1, 0.15) is 5.75 Å². The Labute approximate surface area is 215 Å². The lowest BCUT2D eigenvalue weighted by atomic mass is 9.99. The first-order valence-corrected chi connectivity index (χ1v) is 12.3. The van der Waals surface area contributed by atoms with E-state index in [2.05, 4.69) is 4.57 Å². The number of benzene rings is 3. The fourth-order valence-corrected chi connectivity index (χ4v) is 5.16. The average Bonchev–Trinajstić information content (AvgIpc) is 3.27. The normalized spacial score (nSPS) is 15.5. The Bertz CT molecular complexity index is 1420. The summed E-state index contributed by atoms with van der Waals surface area (Å²) in [6.45, 7) is 2.66. The molecule has 0 saturated carbocycles. The van der Waals surface area contributed by atoms with Gasteiger partial charge in [0.25, 0.3) is 5.91 Å². The molecule has 0 aliphatic carbocycles. The Balaban J connectivity index is 1.58. The first-order chi connectivity index (χ1) is 17.9. The highest BCUT2D eigenvalue weighted by Gasteiger charge is 2.35. The van der Waals surface area contributed by atoms with Gasteiger partial charge in [-0.15, -0.1) is 0 Å². The van der Waals surface area contributed by atoms with Gasteiger partial charge in [0.15, 0.2) is 0 Å². The van der Waals surface area contributed by atoms with Gasteiger partial charge in [-0.3, -0.25) is 4.79 Å². The van der Waals surface area contributed by atoms with Crippen molar-refractivity contribution in [1.29, 1.82) is 0 Å². The second kappa shape index (κ2) is 10.2. The number of amides is 2. The molecule has 2 heterocycles. The van der Waals surface area contributed by atoms with E-state index >= 15 is 0 Å². The summed E-state index contributed by atoms with van der Waals surface area (Å²) in [5, 5.41) is 20.0. The Morgan fingerprint density at radius 2 is 1.54 bits per heavy atom. The van der Waals surface area contributed by atoms with Gasteiger partial charge in [-0.05, 0) is 48.7 Å². The number of aromatic nitrogens is 1. The van der Waals surface area contributed by atoms with Gasteiger partial charge in [0.05, 0.1) is 17.3 Å². The maximum atomic E-state index is 14.2. The summed E-state index contributed by atoms with van der Waals surface area (Å²) in [4.78, 5) is 29.1. The lowest BCUT2D eigenvalue weighted by molar-refractivity contribution is 0.0450. The van der Waals surface area contributed by atoms with E-state index in [4.69, 9.17) is 0 Å². The molecule has 2 amide bonds. The monoisotopic (exact) mass is 495 g/mol. The highest BCUT2D eigenvalue weighted by molar-refractivity contribution is 6.01. The summed E-state index contributed by atoms with van der Waals surface area (Å²) in [6, 6.07) is 28.2. The number of hydrogen-bond donors (Lipinski definition) is 2. The van der Waals surface area contributed by atoms with Crippen molar-refractivity contribution in [1.82, 2.24) is 14.4 Å². The number of phenols is 1. The van der Waals surface area contributed by atoms with Gasteiger partial charge in [0, 0.05) is 31.0 Å². The number of para-hydroxylation sites is 2. The van der Waals surface area contributed by atoms with E-state index in [0.29, 0.717) is 17.5 Å². The SMILES string of the molecule is Cc1cc(C(=O)N2CCN(C(=O)O)C[C@@H]2Cc2ccccc2O)c(-c2ccccc2)n1-c1ccccc1. The van der Waals surface area contributed by atoms with E-state index in [0.717, 1.165) is 22.6 Å². The van der Waals surface area contributed by atoms with Gasteiger partial charge < -0.3 is 24.6 Å². The molecule has 2 N–H and O–H groups in total. The van der Waals surface area contributed by atoms with Gasteiger partial charge in [-0.25, -0.2) is 4.79 Å². The van der Waals surface area contributed by atoms with Crippen LogP contribution in [-0.2, 0) is 6.42 Å². The smallest absolute Gasteiger partial charge is 0.407 e. The number of phenolic OH excluding ortho intramolecular Hbond substituents is 1. The average molecular weight is 496 g/mol. The first-order valence-electron chi connectivity index (χ1n) is 12.3. The number of rotatable bonds is 5. The fourth-order valence-electron chi connectivity index (χ4n) is 5.16. The summed E-state index contributed by atoms with van der Waals surface area (Å²) < 4.78 is 2.09. The van der Waals surface area contributed by atoms with Crippen molar-refractivity contribution < 1.29 is 19.8 Å². The van der Waals surface area contributed by atoms with Crippen LogP contribution < -0.4 is 0 Å². The number of carbonyl (C=O) groups is 2. The number of aryl methyl sites for hydroxylation is 1. The van der Waals surface area contributed by atoms with Gasteiger partial charge in [-0.1, -0.05) is 66.7 Å². The van der Waals surface area contributed by atoms with Crippen molar-refractivity contribution in [3.05, 3.63) is 108 Å². The summed E-state index contributed by atoms with van der Waals surface area (Å²) in [7, 11) is 0. The minimum Gasteiger partial charge on any atom is -0.508 e. The molecule has 0 radical (unpaired) electrons. The van der Waals surface area contributed by atoms with Gasteiger partial charge >= 0.3 is 6.09 Å². The molecule has 37 heavy (non-hydrogen) atoms. The predicted octanol–water partition coefficient (Wildman–Crippen LogP) is 5.21. The van der Waals surface area contributed by atoms with Crippen LogP contribution in [0.25, 0.3) is 16.9 Å². The summed E-state index contributed by atoms with van der Waals surface area (Å²) in [5.74, 6) is -0.0134. The Morgan fingerprint density at radius 3 is 2.22 bits per heavy atom. The Hall–Kier alpha value is -4.52. The number of carboxylic acid groups (broad SMARTS) is 1. The minimum atomic E-state index is -1.01. The number of aromatic hydroxyl groups is 1. The molecule has 188 valence electrons. The van der Waals surface area contributed by atoms with Crippen LogP contribution in [0.4, 0.5) is 4.79 Å². The highest BCUT2D eigenvalue weighted by Crippen LogP contribution is 2.33. The van der Waals surface area contributed by atoms with Crippen molar-refractivity contribution in [2.45, 2.75) is 19.4 Å². The number of hydrogen-bond acceptors (Lipinski definition) is 3. The molecule has 1 atom stereocenters. The molecule has 1 saturated heterocycles. The molecule has 7 heteroatoms. The third kappa shape index (κ3) is 4.80. The first kappa shape index (κ1) is 24.2. The summed E-state index contributed by atoms with van der Waals surface area (Å²) in [5.41, 5.74) is 4.85. The van der Waals surface area contributed by atoms with Crippen molar-refractivity contribution in [2.75, 3.05) is 19.6 Å². The second-order valence-corrected chi connectivity index (χ2v) is 9.30. The Morgan fingerprint density at radius 1 is 0.892 bits per heavy atom. The summed E-state index contributed by atoms with van der Waals surface area (Å²) in [6.07, 6.45) is -0.660. The van der Waals surface area contributed by atoms with E-state index in [9.17, 15) is 19.8 Å². The van der Waals surface area contributed by atoms with E-state index in [1.807, 2.05) is 85.8 Å². The maximum absolute atomic E-state index is 14.2. The molecule has 1 aliphatic rings. The van der Waals surface area contributed by atoms with Crippen LogP contribution in [0.5, 0.6) is 5.75 Å². The van der Waals surface area contributed by atoms with E-state index < -0.39 is 12.1 Å². The molecular weight excluding hydrogens is 466 g/mol. The fraction of sp³-hybridized carbons (Fsp3) is 0.200. The van der Waals surface area contributed by atoms with Crippen molar-refractivity contribution in [2.24, 2.45) is 0 Å². The van der Waals surface area contributed by atoms with Gasteiger partial charge in [-0.2, -0.15) is 0 Å². The standard InChI is InChI=1S/C30H29N3O4/c1-21-18-26(28(22-10-4-2-5-11-22)33(21)24-13-6-3-7-14-24)29(35)32-17-16-31(30(36)37)20-25(32)19-23-12-8-9-15-27(23)34/h2-15,18,25,34H,16-17,19-20H2,1H3,(H,36,37)/t25-/m0/s1. The lowest BCUT2D eigenvalue weighted by Gasteiger charge is -2.40. The predicted molar refractivity (Wildman–Crippen MR) is 142 cm³/mol. The molecule has 0 bridgehead atoms. The molecule has 1 aliphatic heterocycles. The minimum absolute atomic E-state index is 0.137. The lowest BCUT2D eigenvalue weighted by Crippen LogP contribution is -2.57. The van der Waals surface area contributed by atoms with Crippen LogP contribution in [0, 0.1) is 6.92 Å². The molecule has 1 aromatic heterocycles. The quantitative estimate of drug-likeness (QED) is 0.398. The zero-order chi connectivity index (χ0) is 25.9. The maximum Gasteiger partial charge on any atom is 0.407 e. The number of nitrogens with zero attached hydrogens (tertiary/aromatic N) is 3. The molecule has 3 aromatic carbocycles. The largest absolute Gasteiger partial charge is 0.508 e. The Kier molecular flexibility index (Phi) is 6.68.